The van der Waals surface area contributed by atoms with Crippen molar-refractivity contribution in [2.75, 3.05) is 31.1 Å². The zero-order valence-corrected chi connectivity index (χ0v) is 16.8. The van der Waals surface area contributed by atoms with Gasteiger partial charge in [-0.15, -0.1) is 0 Å². The molecule has 1 aromatic rings. The van der Waals surface area contributed by atoms with Gasteiger partial charge in [0.25, 0.3) is 0 Å². The fraction of sp³-hybridized carbons (Fsp3) is 0.682. The zero-order valence-electron chi connectivity index (χ0n) is 16.8. The van der Waals surface area contributed by atoms with Crippen LogP contribution in [-0.2, 0) is 4.79 Å². The first kappa shape index (κ1) is 19.6. The standard InChI is InChI=1S/C22H32FN3O2/c1-21-10-13-26(19(21)8-4-5-9-20(27)24-21)16-22(28)11-14-25(15-12-22)18-7-3-2-6-17(18)23/h2-3,6-7,19,28H,4-5,8-16H2,1H3,(H,24,27)/t19-,21-/m0/s1. The quantitative estimate of drug-likeness (QED) is 0.835. The average molecular weight is 390 g/mol. The van der Waals surface area contributed by atoms with E-state index in [1.54, 1.807) is 6.07 Å². The number of carbonyl (C=O) groups excluding carboxylic acids is 1. The number of hydrogen-bond donors (Lipinski definition) is 2. The third-order valence-electron chi connectivity index (χ3n) is 7.04. The molecule has 4 rings (SSSR count). The Morgan fingerprint density at radius 2 is 1.93 bits per heavy atom. The van der Waals surface area contributed by atoms with E-state index in [1.807, 2.05) is 17.0 Å². The molecule has 0 spiro atoms. The van der Waals surface area contributed by atoms with Crippen LogP contribution in [0.3, 0.4) is 0 Å². The van der Waals surface area contributed by atoms with Gasteiger partial charge in [0.15, 0.2) is 0 Å². The van der Waals surface area contributed by atoms with E-state index >= 15 is 0 Å². The third-order valence-corrected chi connectivity index (χ3v) is 7.04. The number of β-amino-alcohol motifs (C(OH)–C–C–N with tert-alkyl or cyclic N) is 1. The molecule has 3 aliphatic heterocycles. The van der Waals surface area contributed by atoms with E-state index in [0.717, 1.165) is 32.2 Å². The van der Waals surface area contributed by atoms with Gasteiger partial charge in [0, 0.05) is 38.6 Å². The highest BCUT2D eigenvalue weighted by Gasteiger charge is 2.47. The van der Waals surface area contributed by atoms with Crippen molar-refractivity contribution in [3.05, 3.63) is 30.1 Å². The van der Waals surface area contributed by atoms with Gasteiger partial charge in [0.2, 0.25) is 5.91 Å². The van der Waals surface area contributed by atoms with Crippen molar-refractivity contribution in [1.29, 1.82) is 0 Å². The molecule has 1 amide bonds. The van der Waals surface area contributed by atoms with E-state index in [1.165, 1.54) is 6.07 Å². The van der Waals surface area contributed by atoms with E-state index in [4.69, 9.17) is 0 Å². The predicted octanol–water partition coefficient (Wildman–Crippen LogP) is 2.68. The zero-order chi connectivity index (χ0) is 19.8. The van der Waals surface area contributed by atoms with Crippen LogP contribution in [0.15, 0.2) is 24.3 Å². The highest BCUT2D eigenvalue weighted by atomic mass is 19.1. The van der Waals surface area contributed by atoms with E-state index in [0.29, 0.717) is 44.6 Å². The summed E-state index contributed by atoms with van der Waals surface area (Å²) in [5.74, 6) is -0.0422. The SMILES string of the molecule is C[C@]12CCN(CC3(O)CCN(c4ccccc4F)CC3)[C@H]1CCCCC(=O)N2. The van der Waals surface area contributed by atoms with Crippen molar-refractivity contribution >= 4 is 11.6 Å². The molecule has 0 unspecified atom stereocenters. The molecule has 0 aromatic heterocycles. The second-order valence-corrected chi connectivity index (χ2v) is 9.11. The molecule has 28 heavy (non-hydrogen) atoms. The minimum Gasteiger partial charge on any atom is -0.388 e. The molecule has 2 N–H and O–H groups in total. The molecule has 3 fully saturated rings. The lowest BCUT2D eigenvalue weighted by Gasteiger charge is -2.44. The highest BCUT2D eigenvalue weighted by molar-refractivity contribution is 5.77. The second-order valence-electron chi connectivity index (χ2n) is 9.11. The Bertz CT molecular complexity index is 719. The van der Waals surface area contributed by atoms with Gasteiger partial charge >= 0.3 is 0 Å². The van der Waals surface area contributed by atoms with Gasteiger partial charge in [-0.25, -0.2) is 4.39 Å². The van der Waals surface area contributed by atoms with Gasteiger partial charge < -0.3 is 15.3 Å². The third kappa shape index (κ3) is 3.90. The van der Waals surface area contributed by atoms with E-state index in [2.05, 4.69) is 17.1 Å². The van der Waals surface area contributed by atoms with Crippen LogP contribution in [0.4, 0.5) is 10.1 Å². The monoisotopic (exact) mass is 389 g/mol. The lowest BCUT2D eigenvalue weighted by Crippen LogP contribution is -2.58. The Morgan fingerprint density at radius 3 is 2.68 bits per heavy atom. The van der Waals surface area contributed by atoms with Crippen molar-refractivity contribution in [3.8, 4) is 0 Å². The van der Waals surface area contributed by atoms with Crippen molar-refractivity contribution in [2.45, 2.75) is 69.1 Å². The largest absolute Gasteiger partial charge is 0.388 e. The summed E-state index contributed by atoms with van der Waals surface area (Å²) >= 11 is 0. The van der Waals surface area contributed by atoms with Crippen molar-refractivity contribution < 1.29 is 14.3 Å². The van der Waals surface area contributed by atoms with Crippen LogP contribution in [0.2, 0.25) is 0 Å². The number of halogens is 1. The lowest BCUT2D eigenvalue weighted by molar-refractivity contribution is -0.124. The molecule has 0 saturated carbocycles. The fourth-order valence-electron chi connectivity index (χ4n) is 5.35. The number of anilines is 1. The van der Waals surface area contributed by atoms with E-state index < -0.39 is 5.60 Å². The number of amides is 1. The number of nitrogens with one attached hydrogen (secondary N) is 1. The molecule has 3 heterocycles. The second kappa shape index (κ2) is 7.64. The number of benzene rings is 1. The van der Waals surface area contributed by atoms with Crippen LogP contribution in [0.25, 0.3) is 0 Å². The number of hydrogen-bond acceptors (Lipinski definition) is 4. The topological polar surface area (TPSA) is 55.8 Å². The first-order valence-electron chi connectivity index (χ1n) is 10.7. The maximum absolute atomic E-state index is 14.1. The van der Waals surface area contributed by atoms with Crippen LogP contribution < -0.4 is 10.2 Å². The number of nitrogens with zero attached hydrogens (tertiary/aromatic N) is 2. The Balaban J connectivity index is 1.40. The summed E-state index contributed by atoms with van der Waals surface area (Å²) in [6.07, 6.45) is 5.88. The van der Waals surface area contributed by atoms with Crippen molar-refractivity contribution in [3.63, 3.8) is 0 Å². The predicted molar refractivity (Wildman–Crippen MR) is 108 cm³/mol. The first-order valence-corrected chi connectivity index (χ1v) is 10.7. The number of aliphatic hydroxyl groups is 1. The van der Waals surface area contributed by atoms with Gasteiger partial charge in [0.1, 0.15) is 5.82 Å². The molecular weight excluding hydrogens is 357 g/mol. The van der Waals surface area contributed by atoms with Gasteiger partial charge in [0.05, 0.1) is 16.8 Å². The number of rotatable bonds is 3. The van der Waals surface area contributed by atoms with Crippen molar-refractivity contribution in [2.24, 2.45) is 0 Å². The molecule has 6 heteroatoms. The number of para-hydroxylation sites is 1. The number of likely N-dealkylation sites (tertiary alicyclic amines) is 1. The van der Waals surface area contributed by atoms with Crippen molar-refractivity contribution in [1.82, 2.24) is 10.2 Å². The first-order chi connectivity index (χ1) is 13.4. The summed E-state index contributed by atoms with van der Waals surface area (Å²) in [5, 5.41) is 14.5. The van der Waals surface area contributed by atoms with Gasteiger partial charge in [-0.2, -0.15) is 0 Å². The Labute approximate surface area is 166 Å². The molecule has 0 aliphatic carbocycles. The average Bonchev–Trinajstić information content (AvgIpc) is 2.93. The van der Waals surface area contributed by atoms with Gasteiger partial charge in [-0.3, -0.25) is 9.69 Å². The van der Waals surface area contributed by atoms with Gasteiger partial charge in [-0.1, -0.05) is 18.6 Å². The summed E-state index contributed by atoms with van der Waals surface area (Å²) in [6, 6.07) is 7.14. The smallest absolute Gasteiger partial charge is 0.220 e. The maximum Gasteiger partial charge on any atom is 0.220 e. The lowest BCUT2D eigenvalue weighted by atomic mass is 9.85. The summed E-state index contributed by atoms with van der Waals surface area (Å²) in [7, 11) is 0. The summed E-state index contributed by atoms with van der Waals surface area (Å²) < 4.78 is 14.1. The fourth-order valence-corrected chi connectivity index (χ4v) is 5.35. The van der Waals surface area contributed by atoms with Gasteiger partial charge in [-0.05, 0) is 51.2 Å². The highest BCUT2D eigenvalue weighted by Crippen LogP contribution is 2.36. The number of piperidine rings is 1. The summed E-state index contributed by atoms with van der Waals surface area (Å²) in [4.78, 5) is 16.6. The Morgan fingerprint density at radius 1 is 1.18 bits per heavy atom. The number of carbonyl (C=O) groups is 1. The molecule has 3 aliphatic rings. The van der Waals surface area contributed by atoms with E-state index in [-0.39, 0.29) is 23.3 Å². The number of fused-ring (bicyclic) bond motifs is 1. The summed E-state index contributed by atoms with van der Waals surface area (Å²) in [5.41, 5.74) is -0.317. The molecule has 5 nitrogen and oxygen atoms in total. The van der Waals surface area contributed by atoms with Crippen LogP contribution in [0, 0.1) is 5.82 Å². The van der Waals surface area contributed by atoms with Crippen LogP contribution in [-0.4, -0.2) is 59.3 Å². The van der Waals surface area contributed by atoms with E-state index in [9.17, 15) is 14.3 Å². The molecule has 3 saturated heterocycles. The summed E-state index contributed by atoms with van der Waals surface area (Å²) in [6.45, 7) is 5.01. The maximum atomic E-state index is 14.1. The van der Waals surface area contributed by atoms with Crippen LogP contribution >= 0.6 is 0 Å². The normalized spacial score (nSPS) is 31.0. The molecule has 0 bridgehead atoms. The van der Waals surface area contributed by atoms with Crippen LogP contribution in [0.1, 0.15) is 51.9 Å². The Kier molecular flexibility index (Phi) is 5.36. The Hall–Kier alpha value is -1.66. The molecule has 154 valence electrons. The minimum atomic E-state index is -0.751. The molecular formula is C22H32FN3O2. The minimum absolute atomic E-state index is 0.158. The molecule has 0 radical (unpaired) electrons. The molecule has 2 atom stereocenters. The molecule has 1 aromatic carbocycles. The van der Waals surface area contributed by atoms with Crippen LogP contribution in [0.5, 0.6) is 0 Å².